The van der Waals surface area contributed by atoms with Gasteiger partial charge < -0.3 is 15.4 Å². The highest BCUT2D eigenvalue weighted by Crippen LogP contribution is 2.14. The van der Waals surface area contributed by atoms with E-state index in [1.807, 2.05) is 0 Å². The van der Waals surface area contributed by atoms with Crippen molar-refractivity contribution < 1.29 is 19.1 Å². The van der Waals surface area contributed by atoms with Crippen molar-refractivity contribution in [3.05, 3.63) is 34.9 Å². The fraction of sp³-hybridized carbons (Fsp3) is 0.400. The third-order valence-electron chi connectivity index (χ3n) is 2.70. The fourth-order valence-corrected chi connectivity index (χ4v) is 1.78. The maximum atomic E-state index is 12.1. The van der Waals surface area contributed by atoms with Gasteiger partial charge in [0.1, 0.15) is 0 Å². The van der Waals surface area contributed by atoms with Crippen molar-refractivity contribution in [3.63, 3.8) is 0 Å². The largest absolute Gasteiger partial charge is 0.462 e. The Kier molecular flexibility index (Phi) is 6.39. The summed E-state index contributed by atoms with van der Waals surface area (Å²) >= 11 is 0. The van der Waals surface area contributed by atoms with Crippen molar-refractivity contribution in [3.8, 4) is 0 Å². The molecule has 21 heavy (non-hydrogen) atoms. The number of benzene rings is 1. The summed E-state index contributed by atoms with van der Waals surface area (Å²) in [5, 5.41) is 5.27. The molecule has 0 aliphatic rings. The van der Waals surface area contributed by atoms with Crippen LogP contribution in [-0.4, -0.2) is 37.5 Å². The quantitative estimate of drug-likeness (QED) is 0.775. The number of carbonyl (C=O) groups is 3. The molecule has 1 rings (SSSR count). The Labute approximate surface area is 123 Å². The molecule has 6 nitrogen and oxygen atoms in total. The third-order valence-corrected chi connectivity index (χ3v) is 2.70. The first-order chi connectivity index (χ1) is 10.0. The van der Waals surface area contributed by atoms with Crippen LogP contribution in [0, 0.1) is 0 Å². The van der Waals surface area contributed by atoms with E-state index in [1.54, 1.807) is 20.8 Å². The van der Waals surface area contributed by atoms with E-state index in [4.69, 9.17) is 4.74 Å². The zero-order valence-corrected chi connectivity index (χ0v) is 12.5. The van der Waals surface area contributed by atoms with Crippen LogP contribution in [0.15, 0.2) is 18.2 Å². The zero-order valence-electron chi connectivity index (χ0n) is 12.5. The molecule has 1 aromatic rings. The number of carbonyl (C=O) groups excluding carboxylic acids is 3. The Hall–Kier alpha value is -2.37. The summed E-state index contributed by atoms with van der Waals surface area (Å²) in [5.41, 5.74) is 0.612. The molecule has 0 unspecified atom stereocenters. The van der Waals surface area contributed by atoms with Crippen LogP contribution in [0.25, 0.3) is 0 Å². The summed E-state index contributed by atoms with van der Waals surface area (Å²) in [6, 6.07) is 4.34. The molecule has 0 saturated carbocycles. The smallest absolute Gasteiger partial charge is 0.338 e. The van der Waals surface area contributed by atoms with Gasteiger partial charge in [-0.15, -0.1) is 0 Å². The lowest BCUT2D eigenvalue weighted by Gasteiger charge is -2.11. The molecule has 0 bridgehead atoms. The zero-order chi connectivity index (χ0) is 15.8. The highest BCUT2D eigenvalue weighted by molar-refractivity contribution is 6.07. The fourth-order valence-electron chi connectivity index (χ4n) is 1.78. The van der Waals surface area contributed by atoms with Crippen LogP contribution >= 0.6 is 0 Å². The molecule has 0 atom stereocenters. The molecule has 0 radical (unpaired) electrons. The molecular formula is C15H20N2O4. The number of ether oxygens (including phenoxy) is 1. The van der Waals surface area contributed by atoms with Crippen LogP contribution in [0.5, 0.6) is 0 Å². The normalized spacial score (nSPS) is 9.86. The Morgan fingerprint density at radius 1 is 0.952 bits per heavy atom. The van der Waals surface area contributed by atoms with Gasteiger partial charge in [-0.3, -0.25) is 9.59 Å². The Balaban J connectivity index is 3.22. The van der Waals surface area contributed by atoms with Crippen LogP contribution in [0.2, 0.25) is 0 Å². The molecule has 0 heterocycles. The van der Waals surface area contributed by atoms with Crippen molar-refractivity contribution in [1.29, 1.82) is 0 Å². The van der Waals surface area contributed by atoms with Crippen molar-refractivity contribution in [2.45, 2.75) is 20.8 Å². The summed E-state index contributed by atoms with van der Waals surface area (Å²) in [4.78, 5) is 35.8. The average Bonchev–Trinajstić information content (AvgIpc) is 2.47. The van der Waals surface area contributed by atoms with Gasteiger partial charge in [-0.05, 0) is 39.0 Å². The average molecular weight is 292 g/mol. The van der Waals surface area contributed by atoms with Crippen LogP contribution in [0.1, 0.15) is 51.8 Å². The van der Waals surface area contributed by atoms with Crippen molar-refractivity contribution in [1.82, 2.24) is 10.6 Å². The maximum absolute atomic E-state index is 12.1. The molecule has 114 valence electrons. The highest BCUT2D eigenvalue weighted by atomic mass is 16.5. The third kappa shape index (κ3) is 4.30. The first kappa shape index (κ1) is 16.7. The minimum Gasteiger partial charge on any atom is -0.462 e. The summed E-state index contributed by atoms with van der Waals surface area (Å²) in [6.07, 6.45) is 0. The van der Waals surface area contributed by atoms with E-state index in [0.29, 0.717) is 18.7 Å². The van der Waals surface area contributed by atoms with E-state index in [-0.39, 0.29) is 23.6 Å². The van der Waals surface area contributed by atoms with Gasteiger partial charge in [0.05, 0.1) is 17.7 Å². The van der Waals surface area contributed by atoms with E-state index in [1.165, 1.54) is 18.2 Å². The molecule has 6 heteroatoms. The van der Waals surface area contributed by atoms with Gasteiger partial charge in [0, 0.05) is 18.7 Å². The number of rotatable bonds is 6. The predicted molar refractivity (Wildman–Crippen MR) is 78.4 cm³/mol. The van der Waals surface area contributed by atoms with Crippen LogP contribution in [-0.2, 0) is 4.74 Å². The minimum atomic E-state index is -0.582. The number of amides is 2. The first-order valence-corrected chi connectivity index (χ1v) is 6.92. The molecule has 0 fully saturated rings. The highest BCUT2D eigenvalue weighted by Gasteiger charge is 2.19. The van der Waals surface area contributed by atoms with Crippen LogP contribution < -0.4 is 10.6 Å². The summed E-state index contributed by atoms with van der Waals surface area (Å²) in [7, 11) is 0. The molecule has 0 aliphatic heterocycles. The van der Waals surface area contributed by atoms with Crippen LogP contribution in [0.4, 0.5) is 0 Å². The van der Waals surface area contributed by atoms with Gasteiger partial charge in [-0.25, -0.2) is 4.79 Å². The molecular weight excluding hydrogens is 272 g/mol. The topological polar surface area (TPSA) is 84.5 Å². The van der Waals surface area contributed by atoms with E-state index in [9.17, 15) is 14.4 Å². The number of nitrogens with one attached hydrogen (secondary N) is 2. The SMILES string of the molecule is CCNC(=O)c1ccc(C(=O)OCC)c(C(=O)NCC)c1. The summed E-state index contributed by atoms with van der Waals surface area (Å²) in [6.45, 7) is 6.38. The standard InChI is InChI=1S/C15H20N2O4/c1-4-16-13(18)10-7-8-11(15(20)21-6-3)12(9-10)14(19)17-5-2/h7-9H,4-6H2,1-3H3,(H,16,18)(H,17,19). The predicted octanol–water partition coefficient (Wildman–Crippen LogP) is 1.36. The van der Waals surface area contributed by atoms with Crippen molar-refractivity contribution >= 4 is 17.8 Å². The van der Waals surface area contributed by atoms with E-state index in [2.05, 4.69) is 10.6 Å². The molecule has 0 saturated heterocycles. The number of hydrogen-bond acceptors (Lipinski definition) is 4. The van der Waals surface area contributed by atoms with Gasteiger partial charge in [-0.1, -0.05) is 0 Å². The van der Waals surface area contributed by atoms with Crippen molar-refractivity contribution in [2.75, 3.05) is 19.7 Å². The second-order valence-electron chi connectivity index (χ2n) is 4.20. The Morgan fingerprint density at radius 2 is 1.57 bits per heavy atom. The van der Waals surface area contributed by atoms with Gasteiger partial charge in [0.25, 0.3) is 11.8 Å². The van der Waals surface area contributed by atoms with Gasteiger partial charge in [0.2, 0.25) is 0 Å². The molecule has 0 spiro atoms. The number of hydrogen-bond donors (Lipinski definition) is 2. The summed E-state index contributed by atoms with van der Waals surface area (Å²) in [5.74, 6) is -1.29. The monoisotopic (exact) mass is 292 g/mol. The van der Waals surface area contributed by atoms with Crippen molar-refractivity contribution in [2.24, 2.45) is 0 Å². The lowest BCUT2D eigenvalue weighted by Crippen LogP contribution is -2.27. The lowest BCUT2D eigenvalue weighted by atomic mass is 10.0. The second kappa shape index (κ2) is 8.04. The molecule has 0 aromatic heterocycles. The van der Waals surface area contributed by atoms with Gasteiger partial charge in [0.15, 0.2) is 0 Å². The van der Waals surface area contributed by atoms with E-state index < -0.39 is 11.9 Å². The van der Waals surface area contributed by atoms with Crippen LogP contribution in [0.3, 0.4) is 0 Å². The molecule has 2 N–H and O–H groups in total. The van der Waals surface area contributed by atoms with E-state index in [0.717, 1.165) is 0 Å². The molecule has 2 amide bonds. The second-order valence-corrected chi connectivity index (χ2v) is 4.20. The van der Waals surface area contributed by atoms with E-state index >= 15 is 0 Å². The van der Waals surface area contributed by atoms with Gasteiger partial charge >= 0.3 is 5.97 Å². The Bertz CT molecular complexity index is 540. The first-order valence-electron chi connectivity index (χ1n) is 6.92. The van der Waals surface area contributed by atoms with Gasteiger partial charge in [-0.2, -0.15) is 0 Å². The minimum absolute atomic E-state index is 0.138. The summed E-state index contributed by atoms with van der Waals surface area (Å²) < 4.78 is 4.93. The lowest BCUT2D eigenvalue weighted by molar-refractivity contribution is 0.0522. The Morgan fingerprint density at radius 3 is 2.14 bits per heavy atom. The molecule has 1 aromatic carbocycles. The number of esters is 1. The maximum Gasteiger partial charge on any atom is 0.338 e. The molecule has 0 aliphatic carbocycles.